The highest BCUT2D eigenvalue weighted by Gasteiger charge is 1.99. The van der Waals surface area contributed by atoms with Crippen molar-refractivity contribution < 1.29 is 4.74 Å². The van der Waals surface area contributed by atoms with Crippen molar-refractivity contribution in [2.24, 2.45) is 0 Å². The second-order valence-electron chi connectivity index (χ2n) is 3.77. The maximum absolute atomic E-state index is 5.49. The summed E-state index contributed by atoms with van der Waals surface area (Å²) in [7, 11) is 0. The predicted octanol–water partition coefficient (Wildman–Crippen LogP) is 3.20. The first-order chi connectivity index (χ1) is 7.90. The van der Waals surface area contributed by atoms with Crippen molar-refractivity contribution >= 4 is 10.9 Å². The van der Waals surface area contributed by atoms with Gasteiger partial charge in [-0.2, -0.15) is 4.98 Å². The maximum Gasteiger partial charge on any atom is 0.316 e. The molecular weight excluding hydrogens is 200 g/mol. The molecule has 84 valence electrons. The van der Waals surface area contributed by atoms with E-state index in [1.807, 2.05) is 24.3 Å². The van der Waals surface area contributed by atoms with Gasteiger partial charge in [0, 0.05) is 11.6 Å². The van der Waals surface area contributed by atoms with Crippen LogP contribution in [-0.2, 0) is 0 Å². The van der Waals surface area contributed by atoms with Gasteiger partial charge in [0.2, 0.25) is 0 Å². The Hall–Kier alpha value is -1.64. The average Bonchev–Trinajstić information content (AvgIpc) is 2.34. The van der Waals surface area contributed by atoms with Crippen LogP contribution in [0, 0.1) is 0 Å². The predicted molar refractivity (Wildman–Crippen MR) is 64.6 cm³/mol. The van der Waals surface area contributed by atoms with Crippen molar-refractivity contribution in [2.45, 2.75) is 26.2 Å². The van der Waals surface area contributed by atoms with Crippen LogP contribution in [0.5, 0.6) is 6.01 Å². The number of hydrogen-bond donors (Lipinski definition) is 0. The van der Waals surface area contributed by atoms with Gasteiger partial charge >= 0.3 is 6.01 Å². The molecule has 1 aromatic carbocycles. The molecule has 0 atom stereocenters. The van der Waals surface area contributed by atoms with E-state index in [0.29, 0.717) is 12.6 Å². The van der Waals surface area contributed by atoms with E-state index < -0.39 is 0 Å². The monoisotopic (exact) mass is 216 g/mol. The summed E-state index contributed by atoms with van der Waals surface area (Å²) in [5, 5.41) is 1.04. The van der Waals surface area contributed by atoms with Gasteiger partial charge in [-0.05, 0) is 12.5 Å². The number of para-hydroxylation sites is 1. The molecule has 0 amide bonds. The molecule has 0 saturated carbocycles. The lowest BCUT2D eigenvalue weighted by Gasteiger charge is -2.04. The van der Waals surface area contributed by atoms with Gasteiger partial charge in [-0.25, -0.2) is 4.98 Å². The fourth-order valence-corrected chi connectivity index (χ4v) is 1.54. The molecule has 0 spiro atoms. The minimum atomic E-state index is 0.481. The van der Waals surface area contributed by atoms with E-state index >= 15 is 0 Å². The van der Waals surface area contributed by atoms with Crippen molar-refractivity contribution in [3.63, 3.8) is 0 Å². The van der Waals surface area contributed by atoms with Crippen molar-refractivity contribution in [2.75, 3.05) is 6.61 Å². The quantitative estimate of drug-likeness (QED) is 0.720. The molecule has 0 radical (unpaired) electrons. The molecule has 16 heavy (non-hydrogen) atoms. The van der Waals surface area contributed by atoms with Gasteiger partial charge in [0.1, 0.15) is 0 Å². The van der Waals surface area contributed by atoms with Gasteiger partial charge in [-0.1, -0.05) is 38.0 Å². The lowest BCUT2D eigenvalue weighted by Crippen LogP contribution is -2.00. The normalized spacial score (nSPS) is 10.6. The zero-order valence-electron chi connectivity index (χ0n) is 9.52. The topological polar surface area (TPSA) is 35.0 Å². The molecule has 0 unspecified atom stereocenters. The fourth-order valence-electron chi connectivity index (χ4n) is 1.54. The molecule has 1 heterocycles. The number of unbranched alkanes of at least 4 members (excludes halogenated alkanes) is 2. The summed E-state index contributed by atoms with van der Waals surface area (Å²) in [4.78, 5) is 8.51. The van der Waals surface area contributed by atoms with Crippen molar-refractivity contribution in [1.29, 1.82) is 0 Å². The van der Waals surface area contributed by atoms with Crippen LogP contribution >= 0.6 is 0 Å². The Bertz CT molecular complexity index is 456. The zero-order chi connectivity index (χ0) is 11.2. The summed E-state index contributed by atoms with van der Waals surface area (Å²) < 4.78 is 5.49. The highest BCUT2D eigenvalue weighted by molar-refractivity contribution is 5.77. The minimum absolute atomic E-state index is 0.481. The molecule has 1 aromatic heterocycles. The number of nitrogens with zero attached hydrogens (tertiary/aromatic N) is 2. The highest BCUT2D eigenvalue weighted by Crippen LogP contribution is 2.13. The molecule has 0 aliphatic rings. The SMILES string of the molecule is CCCCCOc1ncc2ccccc2n1. The lowest BCUT2D eigenvalue weighted by molar-refractivity contribution is 0.284. The average molecular weight is 216 g/mol. The number of aromatic nitrogens is 2. The molecule has 2 rings (SSSR count). The summed E-state index contributed by atoms with van der Waals surface area (Å²) in [5.41, 5.74) is 0.933. The molecule has 3 heteroatoms. The molecule has 3 nitrogen and oxygen atoms in total. The van der Waals surface area contributed by atoms with Crippen molar-refractivity contribution in [1.82, 2.24) is 9.97 Å². The van der Waals surface area contributed by atoms with Gasteiger partial charge in [0.15, 0.2) is 0 Å². The second-order valence-corrected chi connectivity index (χ2v) is 3.77. The Morgan fingerprint density at radius 1 is 1.19 bits per heavy atom. The van der Waals surface area contributed by atoms with Crippen LogP contribution in [-0.4, -0.2) is 16.6 Å². The molecule has 0 saturated heterocycles. The molecule has 0 aliphatic heterocycles. The van der Waals surface area contributed by atoms with Gasteiger partial charge in [0.25, 0.3) is 0 Å². The number of hydrogen-bond acceptors (Lipinski definition) is 3. The molecule has 2 aromatic rings. The van der Waals surface area contributed by atoms with Crippen molar-refractivity contribution in [3.05, 3.63) is 30.5 Å². The third-order valence-corrected chi connectivity index (χ3v) is 2.45. The Morgan fingerprint density at radius 2 is 2.06 bits per heavy atom. The van der Waals surface area contributed by atoms with E-state index in [9.17, 15) is 0 Å². The van der Waals surface area contributed by atoms with E-state index in [-0.39, 0.29) is 0 Å². The standard InChI is InChI=1S/C13H16N2O/c1-2-3-6-9-16-13-14-10-11-7-4-5-8-12(11)15-13/h4-5,7-8,10H,2-3,6,9H2,1H3. The summed E-state index contributed by atoms with van der Waals surface area (Å²) in [6.07, 6.45) is 5.25. The van der Waals surface area contributed by atoms with Gasteiger partial charge in [-0.15, -0.1) is 0 Å². The Balaban J connectivity index is 2.02. The largest absolute Gasteiger partial charge is 0.463 e. The van der Waals surface area contributed by atoms with Crippen LogP contribution in [0.2, 0.25) is 0 Å². The molecule has 0 aliphatic carbocycles. The zero-order valence-corrected chi connectivity index (χ0v) is 9.52. The van der Waals surface area contributed by atoms with E-state index in [2.05, 4.69) is 16.9 Å². The van der Waals surface area contributed by atoms with E-state index in [0.717, 1.165) is 17.3 Å². The van der Waals surface area contributed by atoms with Crippen LogP contribution in [0.25, 0.3) is 10.9 Å². The van der Waals surface area contributed by atoms with Crippen LogP contribution in [0.1, 0.15) is 26.2 Å². The smallest absolute Gasteiger partial charge is 0.316 e. The third-order valence-electron chi connectivity index (χ3n) is 2.45. The second kappa shape index (κ2) is 5.45. The first kappa shape index (κ1) is 10.9. The molecule has 0 fully saturated rings. The summed E-state index contributed by atoms with van der Waals surface area (Å²) >= 11 is 0. The maximum atomic E-state index is 5.49. The first-order valence-corrected chi connectivity index (χ1v) is 5.74. The minimum Gasteiger partial charge on any atom is -0.463 e. The highest BCUT2D eigenvalue weighted by atomic mass is 16.5. The Kier molecular flexibility index (Phi) is 3.70. The molecular formula is C13H16N2O. The summed E-state index contributed by atoms with van der Waals surface area (Å²) in [6, 6.07) is 8.39. The van der Waals surface area contributed by atoms with Crippen LogP contribution < -0.4 is 4.74 Å². The Labute approximate surface area is 95.5 Å². The fraction of sp³-hybridized carbons (Fsp3) is 0.385. The Morgan fingerprint density at radius 3 is 2.94 bits per heavy atom. The van der Waals surface area contributed by atoms with Gasteiger partial charge < -0.3 is 4.74 Å². The molecule has 0 bridgehead atoms. The van der Waals surface area contributed by atoms with Crippen LogP contribution in [0.3, 0.4) is 0 Å². The van der Waals surface area contributed by atoms with Gasteiger partial charge in [0.05, 0.1) is 12.1 Å². The molecule has 0 N–H and O–H groups in total. The number of benzene rings is 1. The number of rotatable bonds is 5. The number of fused-ring (bicyclic) bond motifs is 1. The first-order valence-electron chi connectivity index (χ1n) is 5.74. The lowest BCUT2D eigenvalue weighted by atomic mass is 10.2. The van der Waals surface area contributed by atoms with Crippen LogP contribution in [0.4, 0.5) is 0 Å². The van der Waals surface area contributed by atoms with E-state index in [4.69, 9.17) is 4.74 Å². The third kappa shape index (κ3) is 2.69. The summed E-state index contributed by atoms with van der Waals surface area (Å²) in [6.45, 7) is 2.87. The van der Waals surface area contributed by atoms with E-state index in [1.165, 1.54) is 12.8 Å². The van der Waals surface area contributed by atoms with E-state index in [1.54, 1.807) is 6.20 Å². The van der Waals surface area contributed by atoms with Gasteiger partial charge in [-0.3, -0.25) is 0 Å². The van der Waals surface area contributed by atoms with Crippen molar-refractivity contribution in [3.8, 4) is 6.01 Å². The number of ether oxygens (including phenoxy) is 1. The summed E-state index contributed by atoms with van der Waals surface area (Å²) in [5.74, 6) is 0. The van der Waals surface area contributed by atoms with Crippen LogP contribution in [0.15, 0.2) is 30.5 Å².